The van der Waals surface area contributed by atoms with Gasteiger partial charge in [0, 0.05) is 41.8 Å². The highest BCUT2D eigenvalue weighted by molar-refractivity contribution is 6.30. The van der Waals surface area contributed by atoms with Gasteiger partial charge in [-0.2, -0.15) is 0 Å². The number of nitrogens with zero attached hydrogens (tertiary/aromatic N) is 1. The highest BCUT2D eigenvalue weighted by Crippen LogP contribution is 2.40. The summed E-state index contributed by atoms with van der Waals surface area (Å²) < 4.78 is 0. The quantitative estimate of drug-likeness (QED) is 0.260. The van der Waals surface area contributed by atoms with Gasteiger partial charge in [0.1, 0.15) is 0 Å². The smallest absolute Gasteiger partial charge is 0.249 e. The standard InChI is InChI=1S/C30H45ClN4O4/c1-5-13-35(14-6-2)28(38)23-16-22(27(33)37)17-30(18-23,29(39)34-12-11-20(3)4)19-26(36)25(32)15-21-7-9-24(31)10-8-21/h7-10,16-17,20,25-26,36H,5-6,11-15,18-19,32H2,1-4H3,(H2,33,37)(H,34,39)/t25-,26+,30?/m0/s1. The number of carbonyl (C=O) groups excluding carboxylic acids is 3. The number of hydrogen-bond donors (Lipinski definition) is 4. The number of halogens is 1. The van der Waals surface area contributed by atoms with Crippen molar-refractivity contribution in [3.8, 4) is 0 Å². The third kappa shape index (κ3) is 9.48. The molecule has 0 bridgehead atoms. The summed E-state index contributed by atoms with van der Waals surface area (Å²) in [6.07, 6.45) is 4.53. The number of aliphatic hydroxyl groups excluding tert-OH is 1. The molecule has 0 radical (unpaired) electrons. The Morgan fingerprint density at radius 2 is 1.74 bits per heavy atom. The molecule has 8 nitrogen and oxygen atoms in total. The SMILES string of the molecule is CCCN(CCC)C(=O)C1=CC(C(N)=O)=CC(C[C@@H](O)[C@@H](N)Cc2ccc(Cl)cc2)(C(=O)NCCC(C)C)C1. The van der Waals surface area contributed by atoms with Gasteiger partial charge in [-0.15, -0.1) is 0 Å². The van der Waals surface area contributed by atoms with Crippen molar-refractivity contribution in [1.29, 1.82) is 0 Å². The molecule has 1 aliphatic carbocycles. The monoisotopic (exact) mass is 560 g/mol. The minimum Gasteiger partial charge on any atom is -0.391 e. The summed E-state index contributed by atoms with van der Waals surface area (Å²) in [5.41, 5.74) is 12.0. The lowest BCUT2D eigenvalue weighted by molar-refractivity contribution is -0.131. The van der Waals surface area contributed by atoms with E-state index in [9.17, 15) is 19.5 Å². The van der Waals surface area contributed by atoms with Crippen LogP contribution >= 0.6 is 11.6 Å². The Morgan fingerprint density at radius 3 is 2.28 bits per heavy atom. The van der Waals surface area contributed by atoms with Crippen molar-refractivity contribution in [2.75, 3.05) is 19.6 Å². The van der Waals surface area contributed by atoms with Crippen LogP contribution in [0.1, 0.15) is 65.4 Å². The molecule has 1 aromatic rings. The van der Waals surface area contributed by atoms with Gasteiger partial charge in [0.25, 0.3) is 0 Å². The van der Waals surface area contributed by atoms with Crippen LogP contribution in [0.5, 0.6) is 0 Å². The number of hydrogen-bond acceptors (Lipinski definition) is 5. The Kier molecular flexibility index (Phi) is 12.7. The second kappa shape index (κ2) is 15.2. The van der Waals surface area contributed by atoms with Crippen molar-refractivity contribution in [2.24, 2.45) is 22.8 Å². The Morgan fingerprint density at radius 1 is 1.13 bits per heavy atom. The largest absolute Gasteiger partial charge is 0.391 e. The topological polar surface area (TPSA) is 139 Å². The molecule has 6 N–H and O–H groups in total. The lowest BCUT2D eigenvalue weighted by Gasteiger charge is -2.37. The molecule has 3 atom stereocenters. The number of amides is 3. The van der Waals surface area contributed by atoms with E-state index in [-0.39, 0.29) is 30.2 Å². The maximum absolute atomic E-state index is 13.8. The van der Waals surface area contributed by atoms with Crippen molar-refractivity contribution < 1.29 is 19.5 Å². The second-order valence-electron chi connectivity index (χ2n) is 11.0. The van der Waals surface area contributed by atoms with Crippen molar-refractivity contribution in [3.05, 3.63) is 58.1 Å². The highest BCUT2D eigenvalue weighted by Gasteiger charge is 2.44. The molecular weight excluding hydrogens is 516 g/mol. The van der Waals surface area contributed by atoms with E-state index in [1.54, 1.807) is 17.0 Å². The first kappa shape index (κ1) is 32.5. The minimum absolute atomic E-state index is 0.0325. The van der Waals surface area contributed by atoms with Crippen molar-refractivity contribution in [2.45, 2.75) is 78.4 Å². The molecular formula is C30H45ClN4O4. The average Bonchev–Trinajstić information content (AvgIpc) is 2.88. The number of carbonyl (C=O) groups is 3. The zero-order valence-electron chi connectivity index (χ0n) is 23.7. The van der Waals surface area contributed by atoms with Gasteiger partial charge in [-0.3, -0.25) is 14.4 Å². The molecule has 1 aromatic carbocycles. The maximum Gasteiger partial charge on any atom is 0.249 e. The number of aliphatic hydroxyl groups is 1. The van der Waals surface area contributed by atoms with E-state index in [4.69, 9.17) is 23.1 Å². The summed E-state index contributed by atoms with van der Waals surface area (Å²) in [5, 5.41) is 14.8. The first-order valence-electron chi connectivity index (χ1n) is 13.9. The van der Waals surface area contributed by atoms with Crippen LogP contribution in [0.3, 0.4) is 0 Å². The molecule has 3 amide bonds. The molecule has 1 unspecified atom stereocenters. The van der Waals surface area contributed by atoms with Crippen LogP contribution in [-0.4, -0.2) is 59.5 Å². The van der Waals surface area contributed by atoms with Crippen LogP contribution in [0, 0.1) is 11.3 Å². The Hall–Kier alpha value is -2.68. The molecule has 0 saturated carbocycles. The number of nitrogens with two attached hydrogens (primary N) is 2. The highest BCUT2D eigenvalue weighted by atomic mass is 35.5. The number of rotatable bonds is 15. The lowest BCUT2D eigenvalue weighted by atomic mass is 9.70. The molecule has 1 aliphatic rings. The molecule has 0 aliphatic heterocycles. The van der Waals surface area contributed by atoms with E-state index >= 15 is 0 Å². The zero-order chi connectivity index (χ0) is 29.2. The summed E-state index contributed by atoms with van der Waals surface area (Å²) >= 11 is 5.99. The first-order valence-corrected chi connectivity index (χ1v) is 14.3. The van der Waals surface area contributed by atoms with E-state index in [0.717, 1.165) is 24.8 Å². The van der Waals surface area contributed by atoms with Crippen LogP contribution in [0.15, 0.2) is 47.6 Å². The maximum atomic E-state index is 13.8. The van der Waals surface area contributed by atoms with E-state index in [2.05, 4.69) is 19.2 Å². The minimum atomic E-state index is -1.37. The van der Waals surface area contributed by atoms with Crippen LogP contribution in [0.2, 0.25) is 5.02 Å². The Balaban J connectivity index is 2.43. The molecule has 0 spiro atoms. The van der Waals surface area contributed by atoms with Crippen molar-refractivity contribution in [1.82, 2.24) is 10.2 Å². The summed E-state index contributed by atoms with van der Waals surface area (Å²) in [6.45, 7) is 9.64. The van der Waals surface area contributed by atoms with Gasteiger partial charge in [-0.05, 0) is 68.2 Å². The fourth-order valence-corrected chi connectivity index (χ4v) is 5.01. The summed E-state index contributed by atoms with van der Waals surface area (Å²) in [7, 11) is 0. The van der Waals surface area contributed by atoms with E-state index < -0.39 is 23.5 Å². The molecule has 0 aromatic heterocycles. The zero-order valence-corrected chi connectivity index (χ0v) is 24.5. The van der Waals surface area contributed by atoms with Crippen LogP contribution in [0.4, 0.5) is 0 Å². The number of nitrogens with one attached hydrogen (secondary N) is 1. The van der Waals surface area contributed by atoms with Gasteiger partial charge >= 0.3 is 0 Å². The fraction of sp³-hybridized carbons (Fsp3) is 0.567. The van der Waals surface area contributed by atoms with Gasteiger partial charge < -0.3 is 26.8 Å². The molecule has 0 fully saturated rings. The molecule has 39 heavy (non-hydrogen) atoms. The predicted octanol–water partition coefficient (Wildman–Crippen LogP) is 3.50. The second-order valence-corrected chi connectivity index (χ2v) is 11.4. The van der Waals surface area contributed by atoms with E-state index in [0.29, 0.717) is 42.6 Å². The van der Waals surface area contributed by atoms with Gasteiger partial charge in [0.15, 0.2) is 0 Å². The number of primary amides is 1. The lowest BCUT2D eigenvalue weighted by Crippen LogP contribution is -2.49. The molecule has 0 saturated heterocycles. The molecule has 216 valence electrons. The molecule has 2 rings (SSSR count). The third-order valence-electron chi connectivity index (χ3n) is 7.01. The molecule has 9 heteroatoms. The predicted molar refractivity (Wildman–Crippen MR) is 156 cm³/mol. The van der Waals surface area contributed by atoms with Gasteiger partial charge in [0.2, 0.25) is 17.7 Å². The number of benzene rings is 1. The van der Waals surface area contributed by atoms with Crippen molar-refractivity contribution in [3.63, 3.8) is 0 Å². The van der Waals surface area contributed by atoms with Gasteiger partial charge in [-0.25, -0.2) is 0 Å². The van der Waals surface area contributed by atoms with E-state index in [1.807, 2.05) is 26.0 Å². The van der Waals surface area contributed by atoms with Crippen LogP contribution in [-0.2, 0) is 20.8 Å². The fourth-order valence-electron chi connectivity index (χ4n) is 4.88. The first-order chi connectivity index (χ1) is 18.4. The Bertz CT molecular complexity index is 1050. The van der Waals surface area contributed by atoms with E-state index in [1.165, 1.54) is 12.2 Å². The van der Waals surface area contributed by atoms with Gasteiger partial charge in [-0.1, -0.05) is 57.5 Å². The average molecular weight is 561 g/mol. The van der Waals surface area contributed by atoms with Crippen LogP contribution in [0.25, 0.3) is 0 Å². The Labute approximate surface area is 237 Å². The molecule has 0 heterocycles. The normalized spacial score (nSPS) is 18.7. The summed E-state index contributed by atoms with van der Waals surface area (Å²) in [4.78, 5) is 41.5. The van der Waals surface area contributed by atoms with Gasteiger partial charge in [0.05, 0.1) is 11.5 Å². The van der Waals surface area contributed by atoms with Crippen molar-refractivity contribution >= 4 is 29.3 Å². The van der Waals surface area contributed by atoms with Crippen LogP contribution < -0.4 is 16.8 Å². The third-order valence-corrected chi connectivity index (χ3v) is 7.26. The summed E-state index contributed by atoms with van der Waals surface area (Å²) in [5.74, 6) is -0.964. The summed E-state index contributed by atoms with van der Waals surface area (Å²) in [6, 6.07) is 6.49.